The van der Waals surface area contributed by atoms with Crippen LogP contribution in [0.25, 0.3) is 0 Å². The second-order valence-electron chi connectivity index (χ2n) is 5.02. The molecule has 0 bridgehead atoms. The Hall–Kier alpha value is -0.870. The van der Waals surface area contributed by atoms with Gasteiger partial charge >= 0.3 is 0 Å². The third-order valence-corrected chi connectivity index (χ3v) is 4.02. The maximum absolute atomic E-state index is 6.24. The highest BCUT2D eigenvalue weighted by molar-refractivity contribution is 4.98. The SMILES string of the molecule is NC1CCCCC1N1CCn2ccnc2C1. The van der Waals surface area contributed by atoms with Gasteiger partial charge in [0.2, 0.25) is 0 Å². The second kappa shape index (κ2) is 4.18. The Balaban J connectivity index is 1.72. The van der Waals surface area contributed by atoms with Gasteiger partial charge in [0.15, 0.2) is 0 Å². The molecule has 1 aromatic heterocycles. The monoisotopic (exact) mass is 220 g/mol. The molecule has 16 heavy (non-hydrogen) atoms. The van der Waals surface area contributed by atoms with E-state index in [1.165, 1.54) is 31.5 Å². The first-order valence-corrected chi connectivity index (χ1v) is 6.34. The summed E-state index contributed by atoms with van der Waals surface area (Å²) < 4.78 is 2.25. The van der Waals surface area contributed by atoms with E-state index in [-0.39, 0.29) is 0 Å². The van der Waals surface area contributed by atoms with Gasteiger partial charge in [0, 0.05) is 37.6 Å². The fourth-order valence-corrected chi connectivity index (χ4v) is 3.07. The van der Waals surface area contributed by atoms with Crippen LogP contribution in [0, 0.1) is 0 Å². The number of nitrogens with two attached hydrogens (primary N) is 1. The number of hydrogen-bond acceptors (Lipinski definition) is 3. The zero-order chi connectivity index (χ0) is 11.0. The summed E-state index contributed by atoms with van der Waals surface area (Å²) in [7, 11) is 0. The minimum Gasteiger partial charge on any atom is -0.333 e. The van der Waals surface area contributed by atoms with Crippen LogP contribution in [0.3, 0.4) is 0 Å². The van der Waals surface area contributed by atoms with Crippen LogP contribution in [0.1, 0.15) is 31.5 Å². The molecule has 4 nitrogen and oxygen atoms in total. The van der Waals surface area contributed by atoms with Gasteiger partial charge in [-0.2, -0.15) is 0 Å². The molecular weight excluding hydrogens is 200 g/mol. The van der Waals surface area contributed by atoms with Crippen LogP contribution >= 0.6 is 0 Å². The molecule has 2 heterocycles. The van der Waals surface area contributed by atoms with Crippen molar-refractivity contribution in [2.45, 2.75) is 50.9 Å². The maximum Gasteiger partial charge on any atom is 0.122 e. The fourth-order valence-electron chi connectivity index (χ4n) is 3.07. The number of nitrogens with zero attached hydrogens (tertiary/aromatic N) is 3. The highest BCUT2D eigenvalue weighted by Crippen LogP contribution is 2.24. The normalized spacial score (nSPS) is 31.3. The molecular formula is C12H20N4. The van der Waals surface area contributed by atoms with Crippen molar-refractivity contribution < 1.29 is 0 Å². The molecule has 88 valence electrons. The van der Waals surface area contributed by atoms with Crippen LogP contribution in [0.4, 0.5) is 0 Å². The summed E-state index contributed by atoms with van der Waals surface area (Å²) >= 11 is 0. The number of hydrogen-bond donors (Lipinski definition) is 1. The van der Waals surface area contributed by atoms with Gasteiger partial charge in [-0.1, -0.05) is 12.8 Å². The van der Waals surface area contributed by atoms with Gasteiger partial charge in [-0.05, 0) is 12.8 Å². The third-order valence-electron chi connectivity index (χ3n) is 4.02. The number of fused-ring (bicyclic) bond motifs is 1. The van der Waals surface area contributed by atoms with Crippen LogP contribution in [0.5, 0.6) is 0 Å². The lowest BCUT2D eigenvalue weighted by Gasteiger charge is -2.40. The van der Waals surface area contributed by atoms with E-state index >= 15 is 0 Å². The Morgan fingerprint density at radius 1 is 1.25 bits per heavy atom. The fraction of sp³-hybridized carbons (Fsp3) is 0.750. The van der Waals surface area contributed by atoms with E-state index in [1.807, 2.05) is 6.20 Å². The van der Waals surface area contributed by atoms with Crippen molar-refractivity contribution in [1.29, 1.82) is 0 Å². The van der Waals surface area contributed by atoms with Gasteiger partial charge in [0.25, 0.3) is 0 Å². The summed E-state index contributed by atoms with van der Waals surface area (Å²) in [6.07, 6.45) is 9.08. The molecule has 1 aromatic rings. The average molecular weight is 220 g/mol. The van der Waals surface area contributed by atoms with Crippen LogP contribution in [-0.2, 0) is 13.1 Å². The van der Waals surface area contributed by atoms with E-state index in [1.54, 1.807) is 0 Å². The van der Waals surface area contributed by atoms with Gasteiger partial charge in [-0.25, -0.2) is 4.98 Å². The first-order chi connectivity index (χ1) is 7.84. The van der Waals surface area contributed by atoms with Crippen LogP contribution in [-0.4, -0.2) is 33.1 Å². The topological polar surface area (TPSA) is 47.1 Å². The van der Waals surface area contributed by atoms with Gasteiger partial charge in [-0.3, -0.25) is 4.90 Å². The minimum absolute atomic E-state index is 0.371. The molecule has 2 atom stereocenters. The quantitative estimate of drug-likeness (QED) is 0.767. The van der Waals surface area contributed by atoms with Crippen molar-refractivity contribution in [3.63, 3.8) is 0 Å². The molecule has 2 aliphatic rings. The molecule has 2 N–H and O–H groups in total. The second-order valence-corrected chi connectivity index (χ2v) is 5.02. The molecule has 0 amide bonds. The highest BCUT2D eigenvalue weighted by atomic mass is 15.3. The van der Waals surface area contributed by atoms with Crippen LogP contribution in [0.15, 0.2) is 12.4 Å². The van der Waals surface area contributed by atoms with E-state index in [9.17, 15) is 0 Å². The molecule has 0 saturated heterocycles. The molecule has 0 spiro atoms. The Labute approximate surface area is 96.4 Å². The van der Waals surface area contributed by atoms with E-state index in [0.29, 0.717) is 12.1 Å². The van der Waals surface area contributed by atoms with Crippen molar-refractivity contribution in [2.24, 2.45) is 5.73 Å². The maximum atomic E-state index is 6.24. The lowest BCUT2D eigenvalue weighted by molar-refractivity contribution is 0.106. The zero-order valence-corrected chi connectivity index (χ0v) is 9.68. The number of aromatic nitrogens is 2. The smallest absolute Gasteiger partial charge is 0.122 e. The molecule has 0 radical (unpaired) electrons. The van der Waals surface area contributed by atoms with Crippen molar-refractivity contribution >= 4 is 0 Å². The molecule has 0 aromatic carbocycles. The van der Waals surface area contributed by atoms with E-state index in [0.717, 1.165) is 19.6 Å². The first kappa shape index (κ1) is 10.3. The third kappa shape index (κ3) is 1.76. The lowest BCUT2D eigenvalue weighted by Crippen LogP contribution is -2.51. The highest BCUT2D eigenvalue weighted by Gasteiger charge is 2.30. The summed E-state index contributed by atoms with van der Waals surface area (Å²) in [6.45, 7) is 3.17. The van der Waals surface area contributed by atoms with Crippen molar-refractivity contribution in [1.82, 2.24) is 14.5 Å². The van der Waals surface area contributed by atoms with Crippen LogP contribution < -0.4 is 5.73 Å². The average Bonchev–Trinajstić information content (AvgIpc) is 2.76. The summed E-state index contributed by atoms with van der Waals surface area (Å²) in [5, 5.41) is 0. The minimum atomic E-state index is 0.371. The lowest BCUT2D eigenvalue weighted by atomic mass is 9.89. The summed E-state index contributed by atoms with van der Waals surface area (Å²) in [5.41, 5.74) is 6.24. The standard InChI is InChI=1S/C12H20N4/c13-10-3-1-2-4-11(10)16-8-7-15-6-5-14-12(15)9-16/h5-6,10-11H,1-4,7-9,13H2. The molecule has 1 saturated carbocycles. The Kier molecular flexibility index (Phi) is 2.69. The van der Waals surface area contributed by atoms with E-state index in [2.05, 4.69) is 20.6 Å². The summed E-state index contributed by atoms with van der Waals surface area (Å²) in [5.74, 6) is 1.20. The molecule has 3 rings (SSSR count). The number of rotatable bonds is 1. The Morgan fingerprint density at radius 2 is 2.12 bits per heavy atom. The summed E-state index contributed by atoms with van der Waals surface area (Å²) in [6, 6.07) is 0.953. The first-order valence-electron chi connectivity index (χ1n) is 6.34. The van der Waals surface area contributed by atoms with Crippen molar-refractivity contribution in [3.05, 3.63) is 18.2 Å². The van der Waals surface area contributed by atoms with Gasteiger partial charge in [0.1, 0.15) is 5.82 Å². The van der Waals surface area contributed by atoms with Gasteiger partial charge in [-0.15, -0.1) is 0 Å². The van der Waals surface area contributed by atoms with Gasteiger partial charge < -0.3 is 10.3 Å². The van der Waals surface area contributed by atoms with Gasteiger partial charge in [0.05, 0.1) is 6.54 Å². The molecule has 1 aliphatic carbocycles. The molecule has 1 aliphatic heterocycles. The van der Waals surface area contributed by atoms with Crippen molar-refractivity contribution in [2.75, 3.05) is 6.54 Å². The molecule has 2 unspecified atom stereocenters. The predicted octanol–water partition coefficient (Wildman–Crippen LogP) is 0.969. The van der Waals surface area contributed by atoms with Crippen LogP contribution in [0.2, 0.25) is 0 Å². The van der Waals surface area contributed by atoms with E-state index < -0.39 is 0 Å². The Bertz CT molecular complexity index is 360. The Morgan fingerprint density at radius 3 is 3.00 bits per heavy atom. The van der Waals surface area contributed by atoms with Crippen molar-refractivity contribution in [3.8, 4) is 0 Å². The molecule has 4 heteroatoms. The molecule has 1 fully saturated rings. The van der Waals surface area contributed by atoms with E-state index in [4.69, 9.17) is 5.73 Å². The zero-order valence-electron chi connectivity index (χ0n) is 9.68. The summed E-state index contributed by atoms with van der Waals surface area (Å²) in [4.78, 5) is 6.94. The predicted molar refractivity (Wildman–Crippen MR) is 62.9 cm³/mol. The number of imidazole rings is 1. The largest absolute Gasteiger partial charge is 0.333 e.